The fourth-order valence-corrected chi connectivity index (χ4v) is 5.22. The summed E-state index contributed by atoms with van der Waals surface area (Å²) < 4.78 is 23.5. The quantitative estimate of drug-likeness (QED) is 0.552. The molecule has 4 N–H and O–H groups in total. The van der Waals surface area contributed by atoms with Crippen LogP contribution in [0.25, 0.3) is 0 Å². The Morgan fingerprint density at radius 3 is 1.33 bits per heavy atom. The summed E-state index contributed by atoms with van der Waals surface area (Å²) in [5.41, 5.74) is -0.800. The van der Waals surface area contributed by atoms with Crippen molar-refractivity contribution in [3.63, 3.8) is 0 Å². The van der Waals surface area contributed by atoms with Crippen molar-refractivity contribution in [2.45, 2.75) is 18.6 Å². The summed E-state index contributed by atoms with van der Waals surface area (Å²) in [5.74, 6) is 0. The predicted molar refractivity (Wildman–Crippen MR) is 90.0 cm³/mol. The zero-order chi connectivity index (χ0) is 17.8. The molecule has 0 amide bonds. The van der Waals surface area contributed by atoms with E-state index in [1.165, 1.54) is 0 Å². The molecule has 0 aliphatic rings. The van der Waals surface area contributed by atoms with E-state index in [1.54, 1.807) is 60.7 Å². The lowest BCUT2D eigenvalue weighted by Gasteiger charge is -2.32. The topological polar surface area (TPSA) is 118 Å². The smallest absolute Gasteiger partial charge is 0.323 e. The summed E-state index contributed by atoms with van der Waals surface area (Å²) in [6.07, 6.45) is 0. The summed E-state index contributed by atoms with van der Waals surface area (Å²) >= 11 is 0. The summed E-state index contributed by atoms with van der Waals surface area (Å²) in [7, 11) is -10.1. The van der Waals surface area contributed by atoms with Crippen LogP contribution >= 0.6 is 15.2 Å². The van der Waals surface area contributed by atoms with Crippen molar-refractivity contribution in [3.05, 3.63) is 71.8 Å². The number of benzene rings is 2. The lowest BCUT2D eigenvalue weighted by atomic mass is 10.2. The van der Waals surface area contributed by atoms with Crippen LogP contribution in [-0.4, -0.2) is 30.0 Å². The van der Waals surface area contributed by atoms with Gasteiger partial charge >= 0.3 is 15.2 Å². The van der Waals surface area contributed by atoms with Gasteiger partial charge in [-0.25, -0.2) is 0 Å². The summed E-state index contributed by atoms with van der Waals surface area (Å²) in [6.45, 7) is -0.00670. The molecule has 7 nitrogen and oxygen atoms in total. The standard InChI is InChI=1S/C15H19NO6P2/c17-23(18,19)15(24(20,21)22)16(11-13-7-3-1-4-8-13)12-14-9-5-2-6-10-14/h1-10,15H,11-12H2,(H2,17,18,19)(H2,20,21,22). The van der Waals surface area contributed by atoms with Crippen LogP contribution in [0.3, 0.4) is 0 Å². The fraction of sp³-hybridized carbons (Fsp3) is 0.200. The molecule has 24 heavy (non-hydrogen) atoms. The zero-order valence-electron chi connectivity index (χ0n) is 12.7. The largest absolute Gasteiger partial charge is 0.355 e. The van der Waals surface area contributed by atoms with Crippen LogP contribution < -0.4 is 0 Å². The van der Waals surface area contributed by atoms with E-state index < -0.39 is 20.7 Å². The first-order valence-electron chi connectivity index (χ1n) is 7.10. The SMILES string of the molecule is O=P(O)(O)C(N(Cc1ccccc1)Cc1ccccc1)P(=O)(O)O. The van der Waals surface area contributed by atoms with Crippen molar-refractivity contribution in [1.29, 1.82) is 0 Å². The maximum Gasteiger partial charge on any atom is 0.355 e. The molecule has 2 aromatic rings. The maximum atomic E-state index is 11.8. The van der Waals surface area contributed by atoms with Crippen LogP contribution in [0.2, 0.25) is 0 Å². The number of rotatable bonds is 7. The first-order chi connectivity index (χ1) is 11.2. The lowest BCUT2D eigenvalue weighted by Crippen LogP contribution is -2.34. The predicted octanol–water partition coefficient (Wildman–Crippen LogP) is 2.33. The Morgan fingerprint density at radius 2 is 1.04 bits per heavy atom. The molecular formula is C15H19NO6P2. The van der Waals surface area contributed by atoms with E-state index in [1.807, 2.05) is 0 Å². The van der Waals surface area contributed by atoms with Gasteiger partial charge in [-0.1, -0.05) is 60.7 Å². The number of hydrogen-bond donors (Lipinski definition) is 4. The minimum Gasteiger partial charge on any atom is -0.323 e. The van der Waals surface area contributed by atoms with Gasteiger partial charge in [-0.15, -0.1) is 0 Å². The van der Waals surface area contributed by atoms with Gasteiger partial charge in [0.15, 0.2) is 0 Å². The molecule has 9 heteroatoms. The number of hydrogen-bond acceptors (Lipinski definition) is 3. The highest BCUT2D eigenvalue weighted by molar-refractivity contribution is 7.70. The summed E-state index contributed by atoms with van der Waals surface area (Å²) in [4.78, 5) is 39.2. The minimum absolute atomic E-state index is 0.00335. The Hall–Kier alpha value is -1.30. The Morgan fingerprint density at radius 1 is 0.708 bits per heavy atom. The van der Waals surface area contributed by atoms with Crippen molar-refractivity contribution in [2.75, 3.05) is 0 Å². The van der Waals surface area contributed by atoms with Gasteiger partial charge in [-0.05, 0) is 11.1 Å². The average Bonchev–Trinajstić information content (AvgIpc) is 2.46. The highest BCUT2D eigenvalue weighted by Gasteiger charge is 2.47. The number of nitrogens with zero attached hydrogens (tertiary/aromatic N) is 1. The monoisotopic (exact) mass is 371 g/mol. The van der Waals surface area contributed by atoms with Gasteiger partial charge in [0.2, 0.25) is 5.52 Å². The van der Waals surface area contributed by atoms with E-state index in [0.29, 0.717) is 11.1 Å². The molecule has 0 saturated heterocycles. The molecular weight excluding hydrogens is 352 g/mol. The zero-order valence-corrected chi connectivity index (χ0v) is 14.5. The lowest BCUT2D eigenvalue weighted by molar-refractivity contribution is 0.212. The first kappa shape index (κ1) is 19.0. The Kier molecular flexibility index (Phi) is 6.12. The van der Waals surface area contributed by atoms with Crippen molar-refractivity contribution in [3.8, 4) is 0 Å². The third kappa shape index (κ3) is 5.36. The first-order valence-corrected chi connectivity index (χ1v) is 10.5. The van der Waals surface area contributed by atoms with Gasteiger partial charge in [0.05, 0.1) is 0 Å². The van der Waals surface area contributed by atoms with E-state index in [9.17, 15) is 28.7 Å². The highest BCUT2D eigenvalue weighted by atomic mass is 31.2. The van der Waals surface area contributed by atoms with Crippen molar-refractivity contribution < 1.29 is 28.7 Å². The normalized spacial score (nSPS) is 12.8. The molecule has 0 saturated carbocycles. The van der Waals surface area contributed by atoms with Gasteiger partial charge in [-0.2, -0.15) is 0 Å². The minimum atomic E-state index is -5.06. The van der Waals surface area contributed by atoms with Crippen molar-refractivity contribution in [1.82, 2.24) is 4.90 Å². The van der Waals surface area contributed by atoms with Crippen LogP contribution in [-0.2, 0) is 22.2 Å². The molecule has 0 atom stereocenters. The second-order valence-corrected chi connectivity index (χ2v) is 9.14. The summed E-state index contributed by atoms with van der Waals surface area (Å²) in [5, 5.41) is 0. The van der Waals surface area contributed by atoms with Gasteiger partial charge in [-0.3, -0.25) is 14.0 Å². The summed E-state index contributed by atoms with van der Waals surface area (Å²) in [6, 6.07) is 17.5. The second-order valence-electron chi connectivity index (χ2n) is 5.40. The third-order valence-corrected chi connectivity index (χ3v) is 7.05. The second kappa shape index (κ2) is 7.72. The van der Waals surface area contributed by atoms with Crippen molar-refractivity contribution in [2.24, 2.45) is 0 Å². The molecule has 0 aliphatic carbocycles. The Labute approximate surface area is 139 Å². The molecule has 0 aliphatic heterocycles. The van der Waals surface area contributed by atoms with Gasteiger partial charge < -0.3 is 19.6 Å². The van der Waals surface area contributed by atoms with E-state index in [0.717, 1.165) is 4.90 Å². The van der Waals surface area contributed by atoms with Gasteiger partial charge in [0.1, 0.15) is 0 Å². The van der Waals surface area contributed by atoms with E-state index in [4.69, 9.17) is 0 Å². The average molecular weight is 371 g/mol. The molecule has 2 aromatic carbocycles. The highest BCUT2D eigenvalue weighted by Crippen LogP contribution is 2.61. The molecule has 0 radical (unpaired) electrons. The van der Waals surface area contributed by atoms with E-state index in [2.05, 4.69) is 0 Å². The van der Waals surface area contributed by atoms with E-state index in [-0.39, 0.29) is 13.1 Å². The fourth-order valence-electron chi connectivity index (χ4n) is 2.48. The Bertz CT molecular complexity index is 680. The molecule has 0 unspecified atom stereocenters. The Balaban J connectivity index is 2.40. The van der Waals surface area contributed by atoms with Crippen LogP contribution in [0.4, 0.5) is 0 Å². The van der Waals surface area contributed by atoms with Crippen LogP contribution in [0, 0.1) is 0 Å². The van der Waals surface area contributed by atoms with Gasteiger partial charge in [0.25, 0.3) is 0 Å². The maximum absolute atomic E-state index is 11.8. The van der Waals surface area contributed by atoms with Crippen LogP contribution in [0.15, 0.2) is 60.7 Å². The van der Waals surface area contributed by atoms with Crippen molar-refractivity contribution >= 4 is 15.2 Å². The van der Waals surface area contributed by atoms with Gasteiger partial charge in [0, 0.05) is 13.1 Å². The van der Waals surface area contributed by atoms with E-state index >= 15 is 0 Å². The molecule has 0 fully saturated rings. The molecule has 0 aromatic heterocycles. The third-order valence-electron chi connectivity index (χ3n) is 3.39. The molecule has 130 valence electrons. The molecule has 2 rings (SSSR count). The molecule has 0 spiro atoms. The van der Waals surface area contributed by atoms with Crippen LogP contribution in [0.1, 0.15) is 11.1 Å². The molecule has 0 heterocycles. The molecule has 0 bridgehead atoms. The van der Waals surface area contributed by atoms with Crippen LogP contribution in [0.5, 0.6) is 0 Å².